The minimum atomic E-state index is -4.72. The van der Waals surface area contributed by atoms with Crippen LogP contribution in [0.15, 0.2) is 29.8 Å². The first-order chi connectivity index (χ1) is 12.9. The van der Waals surface area contributed by atoms with Crippen molar-refractivity contribution in [3.8, 4) is 0 Å². The van der Waals surface area contributed by atoms with Crippen molar-refractivity contribution in [2.24, 2.45) is 0 Å². The molecule has 1 aromatic carbocycles. The van der Waals surface area contributed by atoms with E-state index in [1.54, 1.807) is 4.90 Å². The van der Waals surface area contributed by atoms with E-state index < -0.39 is 23.2 Å². The van der Waals surface area contributed by atoms with Gasteiger partial charge in [0.1, 0.15) is 11.4 Å². The lowest BCUT2D eigenvalue weighted by atomic mass is 9.83. The zero-order valence-electron chi connectivity index (χ0n) is 16.3. The maximum absolute atomic E-state index is 13.5. The Hall–Kier alpha value is -2.05. The zero-order chi connectivity index (χ0) is 20.7. The number of alkyl halides is 3. The molecule has 2 aliphatic rings. The average Bonchev–Trinajstić information content (AvgIpc) is 2.53. The molecule has 3 nitrogen and oxygen atoms in total. The molecule has 0 spiro atoms. The maximum Gasteiger partial charge on any atom is 0.419 e. The summed E-state index contributed by atoms with van der Waals surface area (Å²) < 4.78 is 57.9. The van der Waals surface area contributed by atoms with Crippen LogP contribution in [-0.2, 0) is 17.3 Å². The highest BCUT2D eigenvalue weighted by Crippen LogP contribution is 2.37. The molecule has 7 heteroatoms. The Kier molecular flexibility index (Phi) is 5.47. The van der Waals surface area contributed by atoms with Gasteiger partial charge in [-0.15, -0.1) is 0 Å². The van der Waals surface area contributed by atoms with Gasteiger partial charge in [0.2, 0.25) is 0 Å². The van der Waals surface area contributed by atoms with Crippen LogP contribution < -0.4 is 0 Å². The highest BCUT2D eigenvalue weighted by atomic mass is 19.4. The van der Waals surface area contributed by atoms with Crippen LogP contribution in [0.1, 0.15) is 57.6 Å². The van der Waals surface area contributed by atoms with Gasteiger partial charge in [0.25, 0.3) is 0 Å². The Morgan fingerprint density at radius 3 is 2.54 bits per heavy atom. The molecule has 0 saturated carbocycles. The average molecular weight is 399 g/mol. The molecule has 2 bridgehead atoms. The third-order valence-electron chi connectivity index (χ3n) is 5.09. The number of fused-ring (bicyclic) bond motifs is 2. The number of halogens is 4. The van der Waals surface area contributed by atoms with Crippen LogP contribution in [0.25, 0.3) is 0 Å². The minimum Gasteiger partial charge on any atom is -0.444 e. The molecule has 154 valence electrons. The molecule has 1 aromatic rings. The van der Waals surface area contributed by atoms with Crippen LogP contribution in [0.2, 0.25) is 0 Å². The van der Waals surface area contributed by atoms with Gasteiger partial charge in [0.15, 0.2) is 0 Å². The molecular formula is C21H25F4NO2. The van der Waals surface area contributed by atoms with Crippen LogP contribution in [-0.4, -0.2) is 28.7 Å². The van der Waals surface area contributed by atoms with Crippen molar-refractivity contribution in [3.63, 3.8) is 0 Å². The van der Waals surface area contributed by atoms with E-state index in [2.05, 4.69) is 0 Å². The summed E-state index contributed by atoms with van der Waals surface area (Å²) in [6, 6.07) is 3.01. The smallest absolute Gasteiger partial charge is 0.419 e. The molecule has 0 N–H and O–H groups in total. The topological polar surface area (TPSA) is 29.5 Å². The first kappa shape index (κ1) is 20.7. The van der Waals surface area contributed by atoms with Gasteiger partial charge in [-0.1, -0.05) is 17.7 Å². The molecule has 1 amide bonds. The quantitative estimate of drug-likeness (QED) is 0.459. The van der Waals surface area contributed by atoms with E-state index in [0.717, 1.165) is 37.0 Å². The van der Waals surface area contributed by atoms with Crippen LogP contribution in [0.5, 0.6) is 0 Å². The van der Waals surface area contributed by atoms with Crippen molar-refractivity contribution in [2.75, 3.05) is 0 Å². The Balaban J connectivity index is 1.80. The van der Waals surface area contributed by atoms with Gasteiger partial charge in [0, 0.05) is 6.04 Å². The lowest BCUT2D eigenvalue weighted by Crippen LogP contribution is -2.53. The maximum atomic E-state index is 13.5. The molecule has 28 heavy (non-hydrogen) atoms. The van der Waals surface area contributed by atoms with Crippen LogP contribution in [0, 0.1) is 5.82 Å². The van der Waals surface area contributed by atoms with Crippen LogP contribution >= 0.6 is 0 Å². The number of hydrogen-bond acceptors (Lipinski definition) is 2. The molecule has 2 unspecified atom stereocenters. The van der Waals surface area contributed by atoms with E-state index in [0.29, 0.717) is 18.4 Å². The molecule has 2 atom stereocenters. The van der Waals surface area contributed by atoms with Gasteiger partial charge in [-0.3, -0.25) is 4.90 Å². The number of benzene rings is 1. The van der Waals surface area contributed by atoms with E-state index in [-0.39, 0.29) is 18.2 Å². The molecule has 2 heterocycles. The summed E-state index contributed by atoms with van der Waals surface area (Å²) in [7, 11) is 0. The van der Waals surface area contributed by atoms with Crippen molar-refractivity contribution < 1.29 is 27.1 Å². The van der Waals surface area contributed by atoms with E-state index in [9.17, 15) is 22.4 Å². The summed E-state index contributed by atoms with van der Waals surface area (Å²) in [5, 5.41) is 0. The Labute approximate surface area is 162 Å². The lowest BCUT2D eigenvalue weighted by Gasteiger charge is -2.45. The zero-order valence-corrected chi connectivity index (χ0v) is 16.3. The summed E-state index contributed by atoms with van der Waals surface area (Å²) in [6.07, 6.45) is 0.445. The second-order valence-corrected chi connectivity index (χ2v) is 8.56. The van der Waals surface area contributed by atoms with E-state index >= 15 is 0 Å². The van der Waals surface area contributed by atoms with Gasteiger partial charge >= 0.3 is 12.3 Å². The van der Waals surface area contributed by atoms with Gasteiger partial charge in [0.05, 0.1) is 11.6 Å². The molecule has 1 fully saturated rings. The lowest BCUT2D eigenvalue weighted by molar-refractivity contribution is -0.140. The first-order valence-electron chi connectivity index (χ1n) is 9.50. The van der Waals surface area contributed by atoms with Crippen molar-refractivity contribution >= 4 is 6.09 Å². The van der Waals surface area contributed by atoms with Gasteiger partial charge in [-0.2, -0.15) is 13.2 Å². The fourth-order valence-electron chi connectivity index (χ4n) is 4.01. The Morgan fingerprint density at radius 1 is 1.21 bits per heavy atom. The van der Waals surface area contributed by atoms with E-state index in [1.165, 1.54) is 6.07 Å². The standard InChI is InChI=1S/C21H25F4NO2/c1-20(2,3)28-19(27)26-15-5-4-6-16(26)11-14(10-15)9-13-7-8-18(22)17(12-13)21(23,24)25/h7-8,10,12,15-16H,4-6,9,11H2,1-3H3. The van der Waals surface area contributed by atoms with Crippen molar-refractivity contribution in [3.05, 3.63) is 46.8 Å². The summed E-state index contributed by atoms with van der Waals surface area (Å²) in [5.41, 5.74) is -0.424. The molecule has 1 saturated heterocycles. The van der Waals surface area contributed by atoms with Crippen molar-refractivity contribution in [1.29, 1.82) is 0 Å². The fraction of sp³-hybridized carbons (Fsp3) is 0.571. The molecule has 0 radical (unpaired) electrons. The number of carbonyl (C=O) groups excluding carboxylic acids is 1. The molecule has 0 aromatic heterocycles. The Bertz CT molecular complexity index is 780. The predicted molar refractivity (Wildman–Crippen MR) is 97.3 cm³/mol. The third-order valence-corrected chi connectivity index (χ3v) is 5.09. The predicted octanol–water partition coefficient (Wildman–Crippen LogP) is 5.88. The largest absolute Gasteiger partial charge is 0.444 e. The molecular weight excluding hydrogens is 374 g/mol. The number of carbonyl (C=O) groups is 1. The summed E-state index contributed by atoms with van der Waals surface area (Å²) in [6.45, 7) is 5.45. The van der Waals surface area contributed by atoms with E-state index in [4.69, 9.17) is 4.74 Å². The number of piperidine rings is 1. The van der Waals surface area contributed by atoms with E-state index in [1.807, 2.05) is 26.8 Å². The third kappa shape index (κ3) is 4.67. The molecule has 3 rings (SSSR count). The summed E-state index contributed by atoms with van der Waals surface area (Å²) in [4.78, 5) is 14.4. The van der Waals surface area contributed by atoms with Crippen LogP contribution in [0.3, 0.4) is 0 Å². The molecule has 0 aliphatic carbocycles. The van der Waals surface area contributed by atoms with Gasteiger partial charge < -0.3 is 4.74 Å². The first-order valence-corrected chi connectivity index (χ1v) is 9.50. The van der Waals surface area contributed by atoms with Crippen molar-refractivity contribution in [1.82, 2.24) is 4.90 Å². The minimum absolute atomic E-state index is 0.0175. The number of amides is 1. The van der Waals surface area contributed by atoms with Crippen LogP contribution in [0.4, 0.5) is 22.4 Å². The second-order valence-electron chi connectivity index (χ2n) is 8.56. The number of rotatable bonds is 2. The normalized spacial score (nSPS) is 22.7. The van der Waals surface area contributed by atoms with Crippen molar-refractivity contribution in [2.45, 2.75) is 76.7 Å². The summed E-state index contributed by atoms with van der Waals surface area (Å²) in [5.74, 6) is -1.26. The van der Waals surface area contributed by atoms with Gasteiger partial charge in [-0.05, 0) is 70.6 Å². The van der Waals surface area contributed by atoms with Gasteiger partial charge in [-0.25, -0.2) is 9.18 Å². The number of hydrogen-bond donors (Lipinski definition) is 0. The second kappa shape index (κ2) is 7.41. The fourth-order valence-corrected chi connectivity index (χ4v) is 4.01. The Morgan fingerprint density at radius 2 is 1.93 bits per heavy atom. The molecule has 2 aliphatic heterocycles. The monoisotopic (exact) mass is 399 g/mol. The highest BCUT2D eigenvalue weighted by Gasteiger charge is 2.39. The number of ether oxygens (including phenoxy) is 1. The summed E-state index contributed by atoms with van der Waals surface area (Å²) >= 11 is 0. The highest BCUT2D eigenvalue weighted by molar-refractivity contribution is 5.70. The SMILES string of the molecule is CC(C)(C)OC(=O)N1C2C=C(Cc3ccc(F)c(C(F)(F)F)c3)CC1CCC2. The number of nitrogens with zero attached hydrogens (tertiary/aromatic N) is 1.